The molecule has 86 valence electrons. The molecule has 14 heavy (non-hydrogen) atoms. The second kappa shape index (κ2) is 4.11. The largest absolute Gasteiger partial charge is 0.389 e. The van der Waals surface area contributed by atoms with Crippen molar-refractivity contribution >= 4 is 0 Å². The molecule has 0 saturated carbocycles. The molecule has 0 aliphatic rings. The lowest BCUT2D eigenvalue weighted by Gasteiger charge is -2.39. The highest BCUT2D eigenvalue weighted by molar-refractivity contribution is 4.82. The Hall–Kier alpha value is -0.210. The molecule has 0 radical (unpaired) electrons. The smallest absolute Gasteiger partial charge is 0.171 e. The van der Waals surface area contributed by atoms with Gasteiger partial charge in [0.1, 0.15) is 0 Å². The molecule has 0 aromatic rings. The van der Waals surface area contributed by atoms with Crippen LogP contribution in [0.15, 0.2) is 0 Å². The summed E-state index contributed by atoms with van der Waals surface area (Å²) < 4.78 is 35.8. The lowest BCUT2D eigenvalue weighted by molar-refractivity contribution is -0.137. The molecule has 0 unspecified atom stereocenters. The second-order valence-corrected chi connectivity index (χ2v) is 5.60. The molecule has 0 aromatic carbocycles. The first kappa shape index (κ1) is 13.8. The summed E-state index contributed by atoms with van der Waals surface area (Å²) in [5, 5.41) is 0. The van der Waals surface area contributed by atoms with Crippen LogP contribution in [0, 0.1) is 10.8 Å². The van der Waals surface area contributed by atoms with Crippen LogP contribution in [0.2, 0.25) is 0 Å². The summed E-state index contributed by atoms with van der Waals surface area (Å²) in [4.78, 5) is 0. The van der Waals surface area contributed by atoms with Crippen molar-refractivity contribution in [3.8, 4) is 0 Å². The highest BCUT2D eigenvalue weighted by Gasteiger charge is 2.34. The van der Waals surface area contributed by atoms with Gasteiger partial charge in [0.15, 0.2) is 0 Å². The molecule has 0 atom stereocenters. The van der Waals surface area contributed by atoms with E-state index < -0.39 is 12.6 Å². The molecule has 0 bridgehead atoms. The van der Waals surface area contributed by atoms with Crippen LogP contribution in [-0.4, -0.2) is 6.18 Å². The van der Waals surface area contributed by atoms with E-state index in [4.69, 9.17) is 0 Å². The Labute approximate surface area is 84.9 Å². The van der Waals surface area contributed by atoms with E-state index in [2.05, 4.69) is 20.8 Å². The van der Waals surface area contributed by atoms with Gasteiger partial charge in [0.2, 0.25) is 0 Å². The third-order valence-corrected chi connectivity index (χ3v) is 3.29. The molecule has 3 heteroatoms. The predicted octanol–water partition coefficient (Wildman–Crippen LogP) is 4.79. The summed E-state index contributed by atoms with van der Waals surface area (Å²) in [5.74, 6) is 0. The maximum Gasteiger partial charge on any atom is 0.389 e. The van der Waals surface area contributed by atoms with Gasteiger partial charge in [0.05, 0.1) is 0 Å². The average molecular weight is 210 g/mol. The molecule has 0 rings (SSSR count). The van der Waals surface area contributed by atoms with Gasteiger partial charge in [-0.3, -0.25) is 0 Å². The summed E-state index contributed by atoms with van der Waals surface area (Å²) in [6.45, 7) is 10.3. The zero-order valence-corrected chi connectivity index (χ0v) is 9.76. The molecular formula is C11H21F3. The van der Waals surface area contributed by atoms with E-state index in [0.717, 1.165) is 0 Å². The highest BCUT2D eigenvalue weighted by Crippen LogP contribution is 2.42. The van der Waals surface area contributed by atoms with E-state index in [9.17, 15) is 13.2 Å². The number of hydrogen-bond acceptors (Lipinski definition) is 0. The predicted molar refractivity (Wildman–Crippen MR) is 53.1 cm³/mol. The Morgan fingerprint density at radius 3 is 1.50 bits per heavy atom. The molecule has 0 spiro atoms. The van der Waals surface area contributed by atoms with Crippen molar-refractivity contribution in [2.24, 2.45) is 10.8 Å². The number of rotatable bonds is 3. The van der Waals surface area contributed by atoms with Crippen molar-refractivity contribution in [3.05, 3.63) is 0 Å². The minimum Gasteiger partial charge on any atom is -0.171 e. The van der Waals surface area contributed by atoms with E-state index >= 15 is 0 Å². The third-order valence-electron chi connectivity index (χ3n) is 3.29. The quantitative estimate of drug-likeness (QED) is 0.628. The number of alkyl halides is 3. The normalized spacial score (nSPS) is 14.6. The summed E-state index contributed by atoms with van der Waals surface area (Å²) in [5.41, 5.74) is 0.0108. The van der Waals surface area contributed by atoms with E-state index in [1.165, 1.54) is 0 Å². The lowest BCUT2D eigenvalue weighted by atomic mass is 9.67. The monoisotopic (exact) mass is 210 g/mol. The third kappa shape index (κ3) is 4.87. The van der Waals surface area contributed by atoms with Gasteiger partial charge in [-0.15, -0.1) is 0 Å². The molecule has 0 fully saturated rings. The SMILES string of the molecule is CC(C)(C)C(C)(C)CCCC(F)(F)F. The van der Waals surface area contributed by atoms with Gasteiger partial charge in [-0.25, -0.2) is 0 Å². The fourth-order valence-electron chi connectivity index (χ4n) is 1.11. The summed E-state index contributed by atoms with van der Waals surface area (Å²) >= 11 is 0. The van der Waals surface area contributed by atoms with Crippen LogP contribution in [0.4, 0.5) is 13.2 Å². The van der Waals surface area contributed by atoms with Gasteiger partial charge in [0.25, 0.3) is 0 Å². The van der Waals surface area contributed by atoms with Gasteiger partial charge in [0, 0.05) is 6.42 Å². The first-order valence-corrected chi connectivity index (χ1v) is 5.02. The number of halogens is 3. The molecule has 0 heterocycles. The van der Waals surface area contributed by atoms with Crippen LogP contribution in [-0.2, 0) is 0 Å². The van der Waals surface area contributed by atoms with Gasteiger partial charge in [-0.2, -0.15) is 13.2 Å². The topological polar surface area (TPSA) is 0 Å². The maximum atomic E-state index is 11.9. The van der Waals surface area contributed by atoms with Crippen molar-refractivity contribution in [1.82, 2.24) is 0 Å². The molecule has 0 N–H and O–H groups in total. The standard InChI is InChI=1S/C11H21F3/c1-9(2,3)10(4,5)7-6-8-11(12,13)14/h6-8H2,1-5H3. The van der Waals surface area contributed by atoms with Gasteiger partial charge in [-0.05, 0) is 23.7 Å². The average Bonchev–Trinajstić information content (AvgIpc) is 1.80. The van der Waals surface area contributed by atoms with Crippen LogP contribution < -0.4 is 0 Å². The maximum absolute atomic E-state index is 11.9. The zero-order valence-electron chi connectivity index (χ0n) is 9.76. The molecule has 0 aliphatic heterocycles. The first-order valence-electron chi connectivity index (χ1n) is 5.02. The molecule has 0 aliphatic carbocycles. The number of hydrogen-bond donors (Lipinski definition) is 0. The summed E-state index contributed by atoms with van der Waals surface area (Å²) in [6, 6.07) is 0. The van der Waals surface area contributed by atoms with Crippen LogP contribution in [0.5, 0.6) is 0 Å². The minimum atomic E-state index is -4.01. The van der Waals surface area contributed by atoms with Crippen LogP contribution in [0.1, 0.15) is 53.9 Å². The van der Waals surface area contributed by atoms with Crippen LogP contribution in [0.3, 0.4) is 0 Å². The van der Waals surface area contributed by atoms with E-state index in [1.807, 2.05) is 13.8 Å². The molecule has 0 aromatic heterocycles. The zero-order chi connectivity index (χ0) is 11.6. The molecule has 0 amide bonds. The van der Waals surface area contributed by atoms with Gasteiger partial charge >= 0.3 is 6.18 Å². The minimum absolute atomic E-state index is 0.0434. The fourth-order valence-corrected chi connectivity index (χ4v) is 1.11. The van der Waals surface area contributed by atoms with E-state index in [0.29, 0.717) is 6.42 Å². The van der Waals surface area contributed by atoms with Crippen molar-refractivity contribution in [2.75, 3.05) is 0 Å². The van der Waals surface area contributed by atoms with Crippen molar-refractivity contribution in [2.45, 2.75) is 60.1 Å². The van der Waals surface area contributed by atoms with Crippen molar-refractivity contribution in [3.63, 3.8) is 0 Å². The Bertz CT molecular complexity index is 172. The summed E-state index contributed by atoms with van der Waals surface area (Å²) in [6.07, 6.45) is -3.82. The molecular weight excluding hydrogens is 189 g/mol. The van der Waals surface area contributed by atoms with Gasteiger partial charge < -0.3 is 0 Å². The van der Waals surface area contributed by atoms with E-state index in [-0.39, 0.29) is 17.3 Å². The van der Waals surface area contributed by atoms with Crippen LogP contribution in [0.25, 0.3) is 0 Å². The first-order chi connectivity index (χ1) is 5.96. The molecule has 0 saturated heterocycles. The lowest BCUT2D eigenvalue weighted by Crippen LogP contribution is -2.29. The van der Waals surface area contributed by atoms with Crippen LogP contribution >= 0.6 is 0 Å². The molecule has 0 nitrogen and oxygen atoms in total. The Balaban J connectivity index is 4.02. The van der Waals surface area contributed by atoms with Gasteiger partial charge in [-0.1, -0.05) is 34.6 Å². The van der Waals surface area contributed by atoms with Crippen molar-refractivity contribution in [1.29, 1.82) is 0 Å². The Morgan fingerprint density at radius 1 is 0.786 bits per heavy atom. The summed E-state index contributed by atoms with van der Waals surface area (Å²) in [7, 11) is 0. The highest BCUT2D eigenvalue weighted by atomic mass is 19.4. The Morgan fingerprint density at radius 2 is 1.21 bits per heavy atom. The van der Waals surface area contributed by atoms with Crippen molar-refractivity contribution < 1.29 is 13.2 Å². The Kier molecular flexibility index (Phi) is 4.05. The second-order valence-electron chi connectivity index (χ2n) is 5.60. The fraction of sp³-hybridized carbons (Fsp3) is 1.00. The van der Waals surface area contributed by atoms with E-state index in [1.54, 1.807) is 0 Å².